The van der Waals surface area contributed by atoms with Crippen LogP contribution in [0.25, 0.3) is 0 Å². The summed E-state index contributed by atoms with van der Waals surface area (Å²) >= 11 is 0. The van der Waals surface area contributed by atoms with E-state index in [-0.39, 0.29) is 29.1 Å². The molecule has 0 bridgehead atoms. The molecule has 0 spiro atoms. The summed E-state index contributed by atoms with van der Waals surface area (Å²) in [7, 11) is -1.61. The van der Waals surface area contributed by atoms with Crippen LogP contribution in [0, 0.1) is 4.78 Å². The van der Waals surface area contributed by atoms with E-state index >= 15 is 0 Å². The minimum atomic E-state index is -3.20. The lowest BCUT2D eigenvalue weighted by atomic mass is 10.2. The van der Waals surface area contributed by atoms with Gasteiger partial charge in [-0.1, -0.05) is 12.1 Å². The van der Waals surface area contributed by atoms with Crippen LogP contribution in [0.5, 0.6) is 5.75 Å². The molecule has 1 aromatic carbocycles. The molecule has 2 aliphatic rings. The van der Waals surface area contributed by atoms with Gasteiger partial charge < -0.3 is 15.4 Å². The number of aromatic nitrogens is 2. The van der Waals surface area contributed by atoms with E-state index in [1.54, 1.807) is 7.11 Å². The number of ether oxygens (including phenoxy) is 1. The molecule has 3 N–H and O–H groups in total. The summed E-state index contributed by atoms with van der Waals surface area (Å²) in [6, 6.07) is 7.41. The Bertz CT molecular complexity index is 1070. The number of benzene rings is 1. The molecular weight excluding hydrogens is 416 g/mol. The van der Waals surface area contributed by atoms with Crippen molar-refractivity contribution >= 4 is 27.3 Å². The molecule has 3 heterocycles. The van der Waals surface area contributed by atoms with Crippen molar-refractivity contribution in [2.24, 2.45) is 0 Å². The number of nitrogens with two attached hydrogens (primary N) is 1. The first-order valence-electron chi connectivity index (χ1n) is 10.5. The highest BCUT2D eigenvalue weighted by molar-refractivity contribution is 7.92. The van der Waals surface area contributed by atoms with Crippen LogP contribution in [0.2, 0.25) is 0 Å². The standard InChI is InChI=1S/C21H28N6O3S/c1-30-16-7-5-15(6-8-16)14-27-18(28)13-17-19(22)24-21(25-20(17)27)31(23,29)12-4-11-26-9-2-3-10-26/h5-8,23H,2-4,9-14H2,1H3,(H2,22,24,25). The topological polar surface area (TPSA) is 126 Å². The molecule has 0 saturated carbocycles. The summed E-state index contributed by atoms with van der Waals surface area (Å²) in [5.74, 6) is 1.25. The lowest BCUT2D eigenvalue weighted by Gasteiger charge is -2.18. The Balaban J connectivity index is 1.54. The maximum Gasteiger partial charge on any atom is 0.233 e. The molecule has 1 fully saturated rings. The number of carbonyl (C=O) groups excluding carboxylic acids is 1. The van der Waals surface area contributed by atoms with Crippen LogP contribution >= 0.6 is 0 Å². The predicted molar refractivity (Wildman–Crippen MR) is 119 cm³/mol. The van der Waals surface area contributed by atoms with Crippen LogP contribution in [0.4, 0.5) is 11.6 Å². The number of nitrogen functional groups attached to an aromatic ring is 1. The van der Waals surface area contributed by atoms with E-state index in [1.807, 2.05) is 24.3 Å². The van der Waals surface area contributed by atoms with Crippen molar-refractivity contribution < 1.29 is 13.7 Å². The highest BCUT2D eigenvalue weighted by Crippen LogP contribution is 2.33. The number of likely N-dealkylation sites (tertiary alicyclic amines) is 1. The zero-order valence-corrected chi connectivity index (χ0v) is 18.5. The van der Waals surface area contributed by atoms with Gasteiger partial charge in [-0.2, -0.15) is 0 Å². The zero-order valence-electron chi connectivity index (χ0n) is 17.7. The van der Waals surface area contributed by atoms with Gasteiger partial charge in [-0.25, -0.2) is 19.0 Å². The van der Waals surface area contributed by atoms with E-state index < -0.39 is 9.73 Å². The second kappa shape index (κ2) is 8.80. The third-order valence-corrected chi connectivity index (χ3v) is 7.42. The molecule has 1 amide bonds. The van der Waals surface area contributed by atoms with Crippen LogP contribution in [-0.2, 0) is 27.5 Å². The van der Waals surface area contributed by atoms with Gasteiger partial charge in [0.05, 0.1) is 20.1 Å². The smallest absolute Gasteiger partial charge is 0.233 e. The largest absolute Gasteiger partial charge is 0.497 e. The Morgan fingerprint density at radius 3 is 2.58 bits per heavy atom. The van der Waals surface area contributed by atoms with E-state index in [2.05, 4.69) is 14.9 Å². The van der Waals surface area contributed by atoms with Gasteiger partial charge in [0, 0.05) is 11.3 Å². The highest BCUT2D eigenvalue weighted by Gasteiger charge is 2.33. The maximum atomic E-state index is 13.1. The fourth-order valence-corrected chi connectivity index (χ4v) is 5.24. The van der Waals surface area contributed by atoms with Gasteiger partial charge in [0.1, 0.15) is 27.1 Å². The van der Waals surface area contributed by atoms with Crippen molar-refractivity contribution in [2.45, 2.75) is 37.4 Å². The van der Waals surface area contributed by atoms with Crippen LogP contribution < -0.4 is 15.4 Å². The molecule has 10 heteroatoms. The summed E-state index contributed by atoms with van der Waals surface area (Å²) in [5, 5.41) is -0.0837. The Morgan fingerprint density at radius 1 is 1.19 bits per heavy atom. The molecule has 1 aromatic heterocycles. The van der Waals surface area contributed by atoms with Crippen molar-refractivity contribution in [3.8, 4) is 5.75 Å². The number of nitrogens with one attached hydrogen (secondary N) is 1. The molecule has 2 aliphatic heterocycles. The quantitative estimate of drug-likeness (QED) is 0.597. The summed E-state index contributed by atoms with van der Waals surface area (Å²) < 4.78 is 26.7. The number of carbonyl (C=O) groups is 1. The highest BCUT2D eigenvalue weighted by atomic mass is 32.2. The van der Waals surface area contributed by atoms with Gasteiger partial charge in [-0.3, -0.25) is 9.69 Å². The maximum absolute atomic E-state index is 13.1. The molecule has 1 unspecified atom stereocenters. The molecule has 0 aliphatic carbocycles. The van der Waals surface area contributed by atoms with Crippen molar-refractivity contribution in [3.05, 3.63) is 35.4 Å². The molecular formula is C21H28N6O3S. The van der Waals surface area contributed by atoms with Crippen molar-refractivity contribution in [3.63, 3.8) is 0 Å². The average Bonchev–Trinajstić information content (AvgIpc) is 3.37. The SMILES string of the molecule is COc1ccc(CN2C(=O)Cc3c(N)nc(S(=N)(=O)CCCN4CCCC4)nc32)cc1. The second-order valence-corrected chi connectivity index (χ2v) is 10.1. The number of anilines is 2. The number of hydrogen-bond donors (Lipinski definition) is 2. The molecule has 4 rings (SSSR count). The van der Waals surface area contributed by atoms with Gasteiger partial charge in [0.2, 0.25) is 11.1 Å². The zero-order chi connectivity index (χ0) is 22.0. The molecule has 9 nitrogen and oxygen atoms in total. The summed E-state index contributed by atoms with van der Waals surface area (Å²) in [6.45, 7) is 3.24. The first-order chi connectivity index (χ1) is 14.9. The monoisotopic (exact) mass is 444 g/mol. The summed E-state index contributed by atoms with van der Waals surface area (Å²) in [5.41, 5.74) is 7.53. The Labute approximate surface area is 182 Å². The lowest BCUT2D eigenvalue weighted by Crippen LogP contribution is -2.27. The predicted octanol–water partition coefficient (Wildman–Crippen LogP) is 2.05. The molecule has 1 saturated heterocycles. The molecule has 166 valence electrons. The summed E-state index contributed by atoms with van der Waals surface area (Å²) in [6.07, 6.45) is 3.13. The third-order valence-electron chi connectivity index (χ3n) is 5.78. The Morgan fingerprint density at radius 2 is 1.90 bits per heavy atom. The number of nitrogens with zero attached hydrogens (tertiary/aromatic N) is 4. The van der Waals surface area contributed by atoms with E-state index in [0.29, 0.717) is 24.3 Å². The first-order valence-corrected chi connectivity index (χ1v) is 12.2. The van der Waals surface area contributed by atoms with E-state index in [0.717, 1.165) is 30.9 Å². The van der Waals surface area contributed by atoms with Gasteiger partial charge in [0.15, 0.2) is 0 Å². The normalized spacial score (nSPS) is 18.2. The average molecular weight is 445 g/mol. The first kappa shape index (κ1) is 21.5. The molecule has 0 radical (unpaired) electrons. The van der Waals surface area contributed by atoms with Crippen LogP contribution in [0.3, 0.4) is 0 Å². The molecule has 31 heavy (non-hydrogen) atoms. The van der Waals surface area contributed by atoms with Crippen LogP contribution in [0.1, 0.15) is 30.4 Å². The van der Waals surface area contributed by atoms with Crippen molar-refractivity contribution in [2.75, 3.05) is 43.1 Å². The van der Waals surface area contributed by atoms with Gasteiger partial charge in [-0.05, 0) is 56.6 Å². The second-order valence-electron chi connectivity index (χ2n) is 7.98. The minimum Gasteiger partial charge on any atom is -0.497 e. The van der Waals surface area contributed by atoms with Gasteiger partial charge in [0.25, 0.3) is 0 Å². The van der Waals surface area contributed by atoms with Crippen molar-refractivity contribution in [1.82, 2.24) is 14.9 Å². The number of amides is 1. The third kappa shape index (κ3) is 4.64. The van der Waals surface area contributed by atoms with E-state index in [4.69, 9.17) is 15.3 Å². The number of fused-ring (bicyclic) bond motifs is 1. The van der Waals surface area contributed by atoms with Crippen molar-refractivity contribution in [1.29, 1.82) is 4.78 Å². The fourth-order valence-electron chi connectivity index (χ4n) is 4.04. The minimum absolute atomic E-state index is 0.0837. The Kier molecular flexibility index (Phi) is 6.10. The van der Waals surface area contributed by atoms with Crippen LogP contribution in [-0.4, -0.2) is 57.5 Å². The van der Waals surface area contributed by atoms with E-state index in [1.165, 1.54) is 17.7 Å². The number of rotatable bonds is 8. The van der Waals surface area contributed by atoms with Gasteiger partial charge >= 0.3 is 0 Å². The summed E-state index contributed by atoms with van der Waals surface area (Å²) in [4.78, 5) is 25.1. The lowest BCUT2D eigenvalue weighted by molar-refractivity contribution is -0.117. The van der Waals surface area contributed by atoms with E-state index in [9.17, 15) is 9.00 Å². The molecule has 2 aromatic rings. The molecule has 1 atom stereocenters. The van der Waals surface area contributed by atoms with Gasteiger partial charge in [-0.15, -0.1) is 0 Å². The van der Waals surface area contributed by atoms with Crippen LogP contribution in [0.15, 0.2) is 29.4 Å². The Hall–Kier alpha value is -2.72. The fraction of sp³-hybridized carbons (Fsp3) is 0.476. The number of methoxy groups -OCH3 is 1. The number of hydrogen-bond acceptors (Lipinski definition) is 8.